The van der Waals surface area contributed by atoms with Gasteiger partial charge < -0.3 is 18.9 Å². The number of likely N-dealkylation sites (tertiary alicyclic amines) is 1. The number of benzene rings is 1. The number of hydrogen-bond acceptors (Lipinski definition) is 5. The first kappa shape index (κ1) is 24.0. The van der Waals surface area contributed by atoms with Gasteiger partial charge in [0.15, 0.2) is 13.2 Å². The van der Waals surface area contributed by atoms with Crippen LogP contribution in [0.2, 0.25) is 0 Å². The van der Waals surface area contributed by atoms with Crippen LogP contribution in [0.5, 0.6) is 5.75 Å². The van der Waals surface area contributed by atoms with Crippen molar-refractivity contribution in [2.45, 2.75) is 77.9 Å². The Bertz CT molecular complexity index is 1060. The van der Waals surface area contributed by atoms with Gasteiger partial charge in [-0.3, -0.25) is 9.59 Å². The molecular formula is C27H34N2O5. The van der Waals surface area contributed by atoms with E-state index in [9.17, 15) is 14.4 Å². The number of Topliss-reactive ketones (excluding diaryl/α,β-unsaturated/α-hetero) is 1. The van der Waals surface area contributed by atoms with Gasteiger partial charge in [0.1, 0.15) is 5.75 Å². The lowest BCUT2D eigenvalue weighted by molar-refractivity contribution is -0.139. The van der Waals surface area contributed by atoms with E-state index in [1.807, 2.05) is 24.8 Å². The van der Waals surface area contributed by atoms with Gasteiger partial charge in [-0.1, -0.05) is 0 Å². The maximum absolute atomic E-state index is 12.6. The van der Waals surface area contributed by atoms with Crippen molar-refractivity contribution in [1.29, 1.82) is 0 Å². The molecule has 1 aromatic heterocycles. The number of aromatic nitrogens is 1. The van der Waals surface area contributed by atoms with Crippen LogP contribution in [-0.4, -0.2) is 52.4 Å². The van der Waals surface area contributed by atoms with E-state index in [0.29, 0.717) is 22.9 Å². The van der Waals surface area contributed by atoms with E-state index in [-0.39, 0.29) is 37.0 Å². The summed E-state index contributed by atoms with van der Waals surface area (Å²) in [5.74, 6) is -0.288. The van der Waals surface area contributed by atoms with Gasteiger partial charge in [-0.2, -0.15) is 0 Å². The second-order valence-electron chi connectivity index (χ2n) is 9.63. The molecule has 2 aliphatic rings. The lowest BCUT2D eigenvalue weighted by Gasteiger charge is -2.38. The van der Waals surface area contributed by atoms with E-state index >= 15 is 0 Å². The number of carbonyl (C=O) groups excluding carboxylic acids is 3. The molecule has 182 valence electrons. The maximum atomic E-state index is 12.6. The molecule has 2 unspecified atom stereocenters. The van der Waals surface area contributed by atoms with Crippen molar-refractivity contribution >= 4 is 17.7 Å². The second-order valence-corrected chi connectivity index (χ2v) is 9.63. The van der Waals surface area contributed by atoms with Crippen LogP contribution in [-0.2, 0) is 9.53 Å². The SMILES string of the molecule is Cc1cc(C(=O)COC(=O)c2ccc(OCC(=O)N3C(C)CCCC3C)cc2)c(C)n1C1CC1. The number of piperidine rings is 1. The van der Waals surface area contributed by atoms with Gasteiger partial charge in [-0.05, 0) is 90.1 Å². The van der Waals surface area contributed by atoms with E-state index in [1.165, 1.54) is 0 Å². The average Bonchev–Trinajstić information content (AvgIpc) is 3.60. The molecule has 1 aliphatic heterocycles. The summed E-state index contributed by atoms with van der Waals surface area (Å²) in [7, 11) is 0. The Morgan fingerprint density at radius 2 is 1.59 bits per heavy atom. The highest BCUT2D eigenvalue weighted by molar-refractivity contribution is 6.00. The number of ketones is 1. The van der Waals surface area contributed by atoms with Crippen LogP contribution in [0.25, 0.3) is 0 Å². The zero-order valence-corrected chi connectivity index (χ0v) is 20.5. The van der Waals surface area contributed by atoms with E-state index in [0.717, 1.165) is 43.5 Å². The fraction of sp³-hybridized carbons (Fsp3) is 0.519. The molecule has 7 heteroatoms. The Kier molecular flexibility index (Phi) is 7.10. The van der Waals surface area contributed by atoms with Crippen molar-refractivity contribution in [3.05, 3.63) is 52.8 Å². The van der Waals surface area contributed by atoms with Crippen molar-refractivity contribution in [1.82, 2.24) is 9.47 Å². The molecule has 2 atom stereocenters. The maximum Gasteiger partial charge on any atom is 0.338 e. The smallest absolute Gasteiger partial charge is 0.338 e. The van der Waals surface area contributed by atoms with Gasteiger partial charge in [0, 0.05) is 35.1 Å². The van der Waals surface area contributed by atoms with Crippen LogP contribution < -0.4 is 4.74 Å². The van der Waals surface area contributed by atoms with Crippen LogP contribution in [0, 0.1) is 13.8 Å². The third kappa shape index (κ3) is 5.18. The van der Waals surface area contributed by atoms with E-state index < -0.39 is 5.97 Å². The number of esters is 1. The summed E-state index contributed by atoms with van der Waals surface area (Å²) in [6.45, 7) is 7.75. The normalized spacial score (nSPS) is 20.2. The molecule has 0 spiro atoms. The standard InChI is InChI=1S/C27H34N2O5/c1-17-6-5-7-18(2)28(17)26(31)16-33-23-12-8-21(9-13-23)27(32)34-15-25(30)24-14-19(3)29(20(24)4)22-10-11-22/h8-9,12-14,17-18,22H,5-7,10-11,15-16H2,1-4H3. The summed E-state index contributed by atoms with van der Waals surface area (Å²) in [5.41, 5.74) is 2.94. The number of ether oxygens (including phenoxy) is 2. The van der Waals surface area contributed by atoms with Gasteiger partial charge in [0.25, 0.3) is 5.91 Å². The molecule has 1 aromatic carbocycles. The van der Waals surface area contributed by atoms with Crippen molar-refractivity contribution in [3.63, 3.8) is 0 Å². The highest BCUT2D eigenvalue weighted by Crippen LogP contribution is 2.38. The Hall–Kier alpha value is -3.09. The topological polar surface area (TPSA) is 77.8 Å². The molecule has 7 nitrogen and oxygen atoms in total. The first-order valence-corrected chi connectivity index (χ1v) is 12.2. The van der Waals surface area contributed by atoms with Crippen LogP contribution in [0.4, 0.5) is 0 Å². The lowest BCUT2D eigenvalue weighted by atomic mass is 9.97. The number of hydrogen-bond donors (Lipinski definition) is 0. The minimum Gasteiger partial charge on any atom is -0.484 e. The predicted octanol–water partition coefficient (Wildman–Crippen LogP) is 4.65. The van der Waals surface area contributed by atoms with E-state index in [4.69, 9.17) is 9.47 Å². The molecule has 1 saturated heterocycles. The van der Waals surface area contributed by atoms with E-state index in [1.54, 1.807) is 24.3 Å². The molecule has 0 bridgehead atoms. The molecule has 34 heavy (non-hydrogen) atoms. The van der Waals surface area contributed by atoms with Crippen molar-refractivity contribution in [3.8, 4) is 5.75 Å². The third-order valence-electron chi connectivity index (χ3n) is 6.96. The highest BCUT2D eigenvalue weighted by Gasteiger charge is 2.30. The van der Waals surface area contributed by atoms with Crippen LogP contribution in [0.3, 0.4) is 0 Å². The fourth-order valence-electron chi connectivity index (χ4n) is 5.07. The van der Waals surface area contributed by atoms with Crippen LogP contribution in [0.15, 0.2) is 30.3 Å². The van der Waals surface area contributed by atoms with Crippen LogP contribution >= 0.6 is 0 Å². The van der Waals surface area contributed by atoms with Gasteiger partial charge >= 0.3 is 5.97 Å². The first-order valence-electron chi connectivity index (χ1n) is 12.2. The number of aryl methyl sites for hydroxylation is 1. The van der Waals surface area contributed by atoms with Crippen molar-refractivity contribution in [2.75, 3.05) is 13.2 Å². The zero-order valence-electron chi connectivity index (χ0n) is 20.5. The van der Waals surface area contributed by atoms with Crippen molar-refractivity contribution in [2.24, 2.45) is 0 Å². The minimum absolute atomic E-state index is 0.0252. The lowest BCUT2D eigenvalue weighted by Crippen LogP contribution is -2.49. The van der Waals surface area contributed by atoms with Gasteiger partial charge in [-0.25, -0.2) is 4.79 Å². The number of nitrogens with zero attached hydrogens (tertiary/aromatic N) is 2. The minimum atomic E-state index is -0.567. The molecule has 2 heterocycles. The Morgan fingerprint density at radius 3 is 2.21 bits per heavy atom. The summed E-state index contributed by atoms with van der Waals surface area (Å²) in [6, 6.07) is 9.25. The molecule has 2 aromatic rings. The Morgan fingerprint density at radius 1 is 0.941 bits per heavy atom. The van der Waals surface area contributed by atoms with Crippen molar-refractivity contribution < 1.29 is 23.9 Å². The molecule has 1 amide bonds. The quantitative estimate of drug-likeness (QED) is 0.418. The van der Waals surface area contributed by atoms with Gasteiger partial charge in [-0.15, -0.1) is 0 Å². The second kappa shape index (κ2) is 10.0. The summed E-state index contributed by atoms with van der Waals surface area (Å²) in [6.07, 6.45) is 5.46. The third-order valence-corrected chi connectivity index (χ3v) is 6.96. The molecule has 0 N–H and O–H groups in total. The predicted molar refractivity (Wildman–Crippen MR) is 128 cm³/mol. The Labute approximate surface area is 201 Å². The molecule has 0 radical (unpaired) electrons. The number of rotatable bonds is 8. The highest BCUT2D eigenvalue weighted by atomic mass is 16.5. The molecule has 4 rings (SSSR count). The molecule has 1 aliphatic carbocycles. The number of amides is 1. The summed E-state index contributed by atoms with van der Waals surface area (Å²) >= 11 is 0. The molecule has 2 fully saturated rings. The Balaban J connectivity index is 1.28. The summed E-state index contributed by atoms with van der Waals surface area (Å²) < 4.78 is 13.1. The van der Waals surface area contributed by atoms with Gasteiger partial charge in [0.05, 0.1) is 5.56 Å². The zero-order chi connectivity index (χ0) is 24.4. The first-order chi connectivity index (χ1) is 16.3. The van der Waals surface area contributed by atoms with E-state index in [2.05, 4.69) is 18.4 Å². The number of carbonyl (C=O) groups is 3. The molecular weight excluding hydrogens is 432 g/mol. The van der Waals surface area contributed by atoms with Gasteiger partial charge in [0.2, 0.25) is 5.78 Å². The monoisotopic (exact) mass is 466 g/mol. The largest absolute Gasteiger partial charge is 0.484 e. The molecule has 1 saturated carbocycles. The van der Waals surface area contributed by atoms with Crippen LogP contribution in [0.1, 0.15) is 84.1 Å². The fourth-order valence-corrected chi connectivity index (χ4v) is 5.07. The summed E-state index contributed by atoms with van der Waals surface area (Å²) in [5, 5.41) is 0. The summed E-state index contributed by atoms with van der Waals surface area (Å²) in [4.78, 5) is 39.6. The average molecular weight is 467 g/mol.